The van der Waals surface area contributed by atoms with Gasteiger partial charge in [0.25, 0.3) is 0 Å². The van der Waals surface area contributed by atoms with Crippen LogP contribution in [0.2, 0.25) is 0 Å². The largest absolute Gasteiger partial charge is 0.478 e. The molecule has 2 rings (SSSR count). The summed E-state index contributed by atoms with van der Waals surface area (Å²) in [5.74, 6) is -0.595. The molecule has 0 radical (unpaired) electrons. The predicted molar refractivity (Wildman–Crippen MR) is 64.5 cm³/mol. The Morgan fingerprint density at radius 3 is 2.53 bits per heavy atom. The number of Topliss-reactive ketones (excluding diaryl/α,β-unsaturated/α-hetero) is 1. The number of rotatable bonds is 4. The first-order chi connectivity index (χ1) is 8.13. The van der Waals surface area contributed by atoms with E-state index in [9.17, 15) is 9.59 Å². The van der Waals surface area contributed by atoms with Crippen molar-refractivity contribution in [1.82, 2.24) is 0 Å². The lowest BCUT2D eigenvalue weighted by atomic mass is 9.79. The van der Waals surface area contributed by atoms with Gasteiger partial charge in [0.2, 0.25) is 0 Å². The van der Waals surface area contributed by atoms with E-state index in [2.05, 4.69) is 0 Å². The number of aromatic carboxylic acids is 1. The van der Waals surface area contributed by atoms with E-state index in [0.29, 0.717) is 17.5 Å². The molecule has 0 bridgehead atoms. The number of carbonyl (C=O) groups excluding carboxylic acids is 1. The van der Waals surface area contributed by atoms with Crippen molar-refractivity contribution in [2.75, 3.05) is 0 Å². The summed E-state index contributed by atoms with van der Waals surface area (Å²) in [4.78, 5) is 23.0. The highest BCUT2D eigenvalue weighted by Crippen LogP contribution is 2.30. The zero-order valence-electron chi connectivity index (χ0n) is 9.90. The standard InChI is InChI=1S/C14H16O3/c1-2-9-8-11(6-7-12(9)14(16)17)13(15)10-4-3-5-10/h6-8,10H,2-5H2,1H3,(H,16,17). The van der Waals surface area contributed by atoms with Gasteiger partial charge < -0.3 is 5.11 Å². The zero-order chi connectivity index (χ0) is 12.4. The number of aryl methyl sites for hydroxylation is 1. The van der Waals surface area contributed by atoms with Crippen LogP contribution in [0.1, 0.15) is 52.5 Å². The van der Waals surface area contributed by atoms with Crippen molar-refractivity contribution in [3.8, 4) is 0 Å². The summed E-state index contributed by atoms with van der Waals surface area (Å²) in [6.07, 6.45) is 3.71. The van der Waals surface area contributed by atoms with E-state index >= 15 is 0 Å². The molecule has 1 saturated carbocycles. The van der Waals surface area contributed by atoms with Gasteiger partial charge in [-0.15, -0.1) is 0 Å². The van der Waals surface area contributed by atoms with Gasteiger partial charge in [-0.1, -0.05) is 19.4 Å². The first-order valence-corrected chi connectivity index (χ1v) is 6.04. The normalized spacial score (nSPS) is 15.4. The number of carboxylic acids is 1. The van der Waals surface area contributed by atoms with Crippen molar-refractivity contribution in [1.29, 1.82) is 0 Å². The Labute approximate surface area is 100 Å². The number of benzene rings is 1. The maximum Gasteiger partial charge on any atom is 0.335 e. The van der Waals surface area contributed by atoms with Crippen molar-refractivity contribution >= 4 is 11.8 Å². The lowest BCUT2D eigenvalue weighted by Gasteiger charge is -2.24. The highest BCUT2D eigenvalue weighted by atomic mass is 16.4. The third kappa shape index (κ3) is 2.23. The van der Waals surface area contributed by atoms with Crippen molar-refractivity contribution in [2.24, 2.45) is 5.92 Å². The minimum atomic E-state index is -0.926. The topological polar surface area (TPSA) is 54.4 Å². The Balaban J connectivity index is 2.30. The predicted octanol–water partition coefficient (Wildman–Crippen LogP) is 2.93. The van der Waals surface area contributed by atoms with E-state index in [-0.39, 0.29) is 11.7 Å². The maximum atomic E-state index is 12.0. The van der Waals surface area contributed by atoms with Crippen LogP contribution in [0.5, 0.6) is 0 Å². The Morgan fingerprint density at radius 2 is 2.06 bits per heavy atom. The lowest BCUT2D eigenvalue weighted by Crippen LogP contribution is -2.22. The summed E-state index contributed by atoms with van der Waals surface area (Å²) < 4.78 is 0. The van der Waals surface area contributed by atoms with E-state index in [1.807, 2.05) is 6.92 Å². The molecule has 0 heterocycles. The molecule has 1 aliphatic carbocycles. The van der Waals surface area contributed by atoms with Crippen LogP contribution in [0.3, 0.4) is 0 Å². The molecule has 0 aromatic heterocycles. The SMILES string of the molecule is CCc1cc(C(=O)C2CCC2)ccc1C(=O)O. The minimum absolute atomic E-state index is 0.162. The van der Waals surface area contributed by atoms with E-state index in [4.69, 9.17) is 5.11 Å². The van der Waals surface area contributed by atoms with Gasteiger partial charge in [-0.3, -0.25) is 4.79 Å². The molecule has 0 saturated heterocycles. The zero-order valence-corrected chi connectivity index (χ0v) is 9.90. The van der Waals surface area contributed by atoms with Gasteiger partial charge in [0.15, 0.2) is 5.78 Å². The van der Waals surface area contributed by atoms with Crippen molar-refractivity contribution in [3.05, 3.63) is 34.9 Å². The molecule has 0 atom stereocenters. The van der Waals surface area contributed by atoms with E-state index < -0.39 is 5.97 Å². The Hall–Kier alpha value is -1.64. The summed E-state index contributed by atoms with van der Waals surface area (Å²) in [5.41, 5.74) is 1.71. The van der Waals surface area contributed by atoms with Crippen LogP contribution < -0.4 is 0 Å². The van der Waals surface area contributed by atoms with Crippen molar-refractivity contribution < 1.29 is 14.7 Å². The molecular formula is C14H16O3. The van der Waals surface area contributed by atoms with Crippen LogP contribution in [0.4, 0.5) is 0 Å². The quantitative estimate of drug-likeness (QED) is 0.812. The lowest BCUT2D eigenvalue weighted by molar-refractivity contribution is 0.0694. The monoisotopic (exact) mass is 232 g/mol. The molecule has 0 spiro atoms. The fourth-order valence-electron chi connectivity index (χ4n) is 2.15. The van der Waals surface area contributed by atoms with Crippen molar-refractivity contribution in [3.63, 3.8) is 0 Å². The second-order valence-electron chi connectivity index (χ2n) is 4.52. The van der Waals surface area contributed by atoms with Gasteiger partial charge in [0.05, 0.1) is 5.56 Å². The van der Waals surface area contributed by atoms with Crippen LogP contribution in [0.15, 0.2) is 18.2 Å². The molecular weight excluding hydrogens is 216 g/mol. The minimum Gasteiger partial charge on any atom is -0.478 e. The average molecular weight is 232 g/mol. The molecule has 0 amide bonds. The van der Waals surface area contributed by atoms with Gasteiger partial charge in [-0.2, -0.15) is 0 Å². The molecule has 1 fully saturated rings. The summed E-state index contributed by atoms with van der Waals surface area (Å²) >= 11 is 0. The van der Waals surface area contributed by atoms with Crippen molar-refractivity contribution in [2.45, 2.75) is 32.6 Å². The fraction of sp³-hybridized carbons (Fsp3) is 0.429. The van der Waals surface area contributed by atoms with Crippen LogP contribution in [0, 0.1) is 5.92 Å². The van der Waals surface area contributed by atoms with E-state index in [1.54, 1.807) is 18.2 Å². The summed E-state index contributed by atoms with van der Waals surface area (Å²) in [5, 5.41) is 9.01. The molecule has 0 unspecified atom stereocenters. The van der Waals surface area contributed by atoms with Gasteiger partial charge in [-0.05, 0) is 37.0 Å². The fourth-order valence-corrected chi connectivity index (χ4v) is 2.15. The molecule has 1 N–H and O–H groups in total. The number of carboxylic acid groups (broad SMARTS) is 1. The van der Waals surface area contributed by atoms with Gasteiger partial charge in [-0.25, -0.2) is 4.79 Å². The van der Waals surface area contributed by atoms with Crippen LogP contribution in [-0.4, -0.2) is 16.9 Å². The summed E-state index contributed by atoms with van der Waals surface area (Å²) in [6, 6.07) is 4.93. The molecule has 3 nitrogen and oxygen atoms in total. The summed E-state index contributed by atoms with van der Waals surface area (Å²) in [7, 11) is 0. The van der Waals surface area contributed by atoms with Crippen LogP contribution in [0.25, 0.3) is 0 Å². The molecule has 3 heteroatoms. The Kier molecular flexibility index (Phi) is 3.27. The van der Waals surface area contributed by atoms with Crippen LogP contribution in [-0.2, 0) is 6.42 Å². The third-order valence-electron chi connectivity index (χ3n) is 3.48. The van der Waals surface area contributed by atoms with Gasteiger partial charge >= 0.3 is 5.97 Å². The molecule has 1 aromatic rings. The first-order valence-electron chi connectivity index (χ1n) is 6.04. The second-order valence-corrected chi connectivity index (χ2v) is 4.52. The third-order valence-corrected chi connectivity index (χ3v) is 3.48. The van der Waals surface area contributed by atoms with Crippen LogP contribution >= 0.6 is 0 Å². The molecule has 90 valence electrons. The number of hydrogen-bond acceptors (Lipinski definition) is 2. The molecule has 17 heavy (non-hydrogen) atoms. The molecule has 0 aliphatic heterocycles. The average Bonchev–Trinajstić information content (AvgIpc) is 2.25. The van der Waals surface area contributed by atoms with E-state index in [1.165, 1.54) is 0 Å². The Morgan fingerprint density at radius 1 is 1.35 bits per heavy atom. The van der Waals surface area contributed by atoms with Gasteiger partial charge in [0, 0.05) is 11.5 Å². The number of ketones is 1. The second kappa shape index (κ2) is 4.70. The van der Waals surface area contributed by atoms with Gasteiger partial charge in [0.1, 0.15) is 0 Å². The summed E-state index contributed by atoms with van der Waals surface area (Å²) in [6.45, 7) is 1.90. The van der Waals surface area contributed by atoms with E-state index in [0.717, 1.165) is 24.8 Å². The highest BCUT2D eigenvalue weighted by Gasteiger charge is 2.26. The molecule has 1 aliphatic rings. The smallest absolute Gasteiger partial charge is 0.335 e. The number of carbonyl (C=O) groups is 2. The first kappa shape index (κ1) is 11.8. The molecule has 1 aromatic carbocycles. The number of hydrogen-bond donors (Lipinski definition) is 1. The highest BCUT2D eigenvalue weighted by molar-refractivity contribution is 5.99. The maximum absolute atomic E-state index is 12.0. The Bertz CT molecular complexity index is 459.